The van der Waals surface area contributed by atoms with E-state index in [9.17, 15) is 4.79 Å². The van der Waals surface area contributed by atoms with Gasteiger partial charge in [-0.1, -0.05) is 17.7 Å². The minimum Gasteiger partial charge on any atom is -0.378 e. The Morgan fingerprint density at radius 2 is 1.83 bits per heavy atom. The first-order valence-corrected chi connectivity index (χ1v) is 14.0. The van der Waals surface area contributed by atoms with E-state index in [4.69, 9.17) is 28.6 Å². The smallest absolute Gasteiger partial charge is 0.250 e. The Hall–Kier alpha value is -3.92. The Bertz CT molecular complexity index is 1570. The lowest BCUT2D eigenvalue weighted by Gasteiger charge is -2.28. The van der Waals surface area contributed by atoms with Crippen molar-refractivity contribution in [3.8, 4) is 5.69 Å². The summed E-state index contributed by atoms with van der Waals surface area (Å²) in [5.41, 5.74) is 7.77. The number of hydrogen-bond acceptors (Lipinski definition) is 5. The standard InChI is InChI=1S/C31H33ClN6O2S/c1-19-16-24(20(2)37(19)22-11-9-21(10-12-22)36(3)4)30-29(27-8-6-7-15-33-27)35-31(41)38(30)23-13-14-26(25(32)17-23)34-28(39)18-40-5/h6-17,29-30H,18H2,1-5H3,(H,34,39)(H,35,41)/t29-,30-/m0/s1. The van der Waals surface area contributed by atoms with Crippen molar-refractivity contribution in [1.29, 1.82) is 0 Å². The average molecular weight is 589 g/mol. The number of carbonyl (C=O) groups is 1. The highest BCUT2D eigenvalue weighted by atomic mass is 35.5. The molecule has 41 heavy (non-hydrogen) atoms. The number of nitrogens with zero attached hydrogens (tertiary/aromatic N) is 4. The molecule has 0 saturated carbocycles. The lowest BCUT2D eigenvalue weighted by molar-refractivity contribution is -0.119. The number of nitrogens with one attached hydrogen (secondary N) is 2. The Labute approximate surface area is 250 Å². The summed E-state index contributed by atoms with van der Waals surface area (Å²) in [6.07, 6.45) is 1.80. The number of methoxy groups -OCH3 is 1. The fourth-order valence-corrected chi connectivity index (χ4v) is 5.97. The molecule has 0 bridgehead atoms. The van der Waals surface area contributed by atoms with Gasteiger partial charge in [0.15, 0.2) is 5.11 Å². The maximum atomic E-state index is 12.1. The van der Waals surface area contributed by atoms with Crippen LogP contribution in [-0.4, -0.2) is 48.4 Å². The molecule has 1 saturated heterocycles. The molecule has 4 aromatic rings. The number of pyridine rings is 1. The van der Waals surface area contributed by atoms with Gasteiger partial charge < -0.3 is 29.7 Å². The van der Waals surface area contributed by atoms with Gasteiger partial charge >= 0.3 is 0 Å². The Balaban J connectivity index is 1.59. The topological polar surface area (TPSA) is 74.7 Å². The molecule has 10 heteroatoms. The van der Waals surface area contributed by atoms with Crippen LogP contribution in [0.5, 0.6) is 0 Å². The van der Waals surface area contributed by atoms with Crippen molar-refractivity contribution in [2.24, 2.45) is 0 Å². The molecular formula is C31H33ClN6O2S. The number of carbonyl (C=O) groups excluding carboxylic acids is 1. The Kier molecular flexibility index (Phi) is 8.30. The molecule has 1 aliphatic heterocycles. The molecule has 8 nitrogen and oxygen atoms in total. The molecule has 0 aliphatic carbocycles. The molecule has 5 rings (SSSR count). The van der Waals surface area contributed by atoms with Crippen molar-refractivity contribution in [2.45, 2.75) is 25.9 Å². The summed E-state index contributed by atoms with van der Waals surface area (Å²) in [7, 11) is 5.54. The van der Waals surface area contributed by atoms with Crippen molar-refractivity contribution in [3.63, 3.8) is 0 Å². The predicted octanol–water partition coefficient (Wildman–Crippen LogP) is 5.97. The van der Waals surface area contributed by atoms with E-state index in [1.807, 2.05) is 44.4 Å². The first-order chi connectivity index (χ1) is 19.7. The SMILES string of the molecule is COCC(=O)Nc1ccc(N2C(=S)N[C@@H](c3ccccn3)[C@@H]2c2cc(C)n(-c3ccc(N(C)C)cc3)c2C)cc1Cl. The van der Waals surface area contributed by atoms with E-state index in [-0.39, 0.29) is 24.6 Å². The molecule has 0 radical (unpaired) electrons. The van der Waals surface area contributed by atoms with Crippen LogP contribution < -0.4 is 20.4 Å². The van der Waals surface area contributed by atoms with Gasteiger partial charge in [-0.05, 0) is 92.3 Å². The molecule has 2 aromatic carbocycles. The lowest BCUT2D eigenvalue weighted by Crippen LogP contribution is -2.29. The molecule has 2 aromatic heterocycles. The summed E-state index contributed by atoms with van der Waals surface area (Å²) >= 11 is 12.6. The number of halogens is 1. The van der Waals surface area contributed by atoms with Crippen LogP contribution in [0.25, 0.3) is 5.69 Å². The van der Waals surface area contributed by atoms with E-state index < -0.39 is 0 Å². The molecule has 0 spiro atoms. The first-order valence-electron chi connectivity index (χ1n) is 13.2. The number of anilines is 3. The summed E-state index contributed by atoms with van der Waals surface area (Å²) in [5, 5.41) is 7.28. The third kappa shape index (κ3) is 5.66. The van der Waals surface area contributed by atoms with Crippen LogP contribution in [0, 0.1) is 13.8 Å². The number of rotatable bonds is 8. The quantitative estimate of drug-likeness (QED) is 0.246. The minimum atomic E-state index is -0.278. The van der Waals surface area contributed by atoms with E-state index in [1.165, 1.54) is 7.11 Å². The third-order valence-corrected chi connectivity index (χ3v) is 7.92. The van der Waals surface area contributed by atoms with E-state index in [1.54, 1.807) is 12.3 Å². The van der Waals surface area contributed by atoms with Crippen molar-refractivity contribution in [2.75, 3.05) is 42.9 Å². The van der Waals surface area contributed by atoms with Gasteiger partial charge in [-0.25, -0.2) is 0 Å². The fraction of sp³-hybridized carbons (Fsp3) is 0.258. The molecule has 1 aliphatic rings. The van der Waals surface area contributed by atoms with Crippen LogP contribution >= 0.6 is 23.8 Å². The van der Waals surface area contributed by atoms with Crippen LogP contribution in [0.3, 0.4) is 0 Å². The number of amides is 1. The monoisotopic (exact) mass is 588 g/mol. The maximum Gasteiger partial charge on any atom is 0.250 e. The average Bonchev–Trinajstić information content (AvgIpc) is 3.45. The van der Waals surface area contributed by atoms with Gasteiger partial charge in [0.2, 0.25) is 5.91 Å². The van der Waals surface area contributed by atoms with Gasteiger partial charge in [0.25, 0.3) is 0 Å². The van der Waals surface area contributed by atoms with Crippen LogP contribution in [0.1, 0.15) is 34.7 Å². The highest BCUT2D eigenvalue weighted by Crippen LogP contribution is 2.44. The molecule has 212 valence electrons. The molecule has 3 heterocycles. The van der Waals surface area contributed by atoms with Crippen molar-refractivity contribution < 1.29 is 9.53 Å². The zero-order chi connectivity index (χ0) is 29.3. The Morgan fingerprint density at radius 1 is 1.10 bits per heavy atom. The van der Waals surface area contributed by atoms with Gasteiger partial charge in [-0.15, -0.1) is 0 Å². The number of aryl methyl sites for hydroxylation is 1. The summed E-state index contributed by atoms with van der Waals surface area (Å²) < 4.78 is 7.19. The number of ether oxygens (including phenoxy) is 1. The number of hydrogen-bond donors (Lipinski definition) is 2. The summed E-state index contributed by atoms with van der Waals surface area (Å²) in [5.74, 6) is -0.278. The minimum absolute atomic E-state index is 0.0560. The van der Waals surface area contributed by atoms with E-state index in [0.717, 1.165) is 39.7 Å². The van der Waals surface area contributed by atoms with Gasteiger partial charge in [0.1, 0.15) is 6.61 Å². The summed E-state index contributed by atoms with van der Waals surface area (Å²) in [4.78, 5) is 20.9. The van der Waals surface area contributed by atoms with Crippen LogP contribution in [-0.2, 0) is 9.53 Å². The van der Waals surface area contributed by atoms with E-state index in [2.05, 4.69) is 74.2 Å². The molecule has 2 N–H and O–H groups in total. The van der Waals surface area contributed by atoms with Gasteiger partial charge in [0, 0.05) is 55.9 Å². The van der Waals surface area contributed by atoms with Crippen molar-refractivity contribution >= 4 is 51.9 Å². The van der Waals surface area contributed by atoms with Gasteiger partial charge in [-0.2, -0.15) is 0 Å². The predicted molar refractivity (Wildman–Crippen MR) is 169 cm³/mol. The maximum absolute atomic E-state index is 12.1. The molecule has 0 unspecified atom stereocenters. The molecule has 1 amide bonds. The first kappa shape index (κ1) is 28.6. The number of thiocarbonyl (C=S) groups is 1. The second-order valence-corrected chi connectivity index (χ2v) is 11.0. The molecule has 2 atom stereocenters. The zero-order valence-corrected chi connectivity index (χ0v) is 25.3. The van der Waals surface area contributed by atoms with E-state index in [0.29, 0.717) is 15.8 Å². The fourth-order valence-electron chi connectivity index (χ4n) is 5.41. The van der Waals surface area contributed by atoms with E-state index >= 15 is 0 Å². The largest absolute Gasteiger partial charge is 0.378 e. The second-order valence-electron chi connectivity index (χ2n) is 10.2. The highest BCUT2D eigenvalue weighted by Gasteiger charge is 2.42. The van der Waals surface area contributed by atoms with Crippen LogP contribution in [0.4, 0.5) is 17.1 Å². The van der Waals surface area contributed by atoms with Gasteiger partial charge in [0.05, 0.1) is 28.5 Å². The number of benzene rings is 2. The molecular weight excluding hydrogens is 556 g/mol. The number of aromatic nitrogens is 2. The molecule has 1 fully saturated rings. The summed E-state index contributed by atoms with van der Waals surface area (Å²) in [6, 6.07) is 21.8. The highest BCUT2D eigenvalue weighted by molar-refractivity contribution is 7.80. The van der Waals surface area contributed by atoms with Crippen LogP contribution in [0.2, 0.25) is 5.02 Å². The third-order valence-electron chi connectivity index (χ3n) is 7.29. The van der Waals surface area contributed by atoms with Gasteiger partial charge in [-0.3, -0.25) is 9.78 Å². The van der Waals surface area contributed by atoms with Crippen molar-refractivity contribution in [1.82, 2.24) is 14.9 Å². The zero-order valence-electron chi connectivity index (χ0n) is 23.7. The summed E-state index contributed by atoms with van der Waals surface area (Å²) in [6.45, 7) is 4.20. The second kappa shape index (κ2) is 11.9. The van der Waals surface area contributed by atoms with Crippen LogP contribution in [0.15, 0.2) is 72.9 Å². The lowest BCUT2D eigenvalue weighted by atomic mass is 9.96. The van der Waals surface area contributed by atoms with Crippen molar-refractivity contribution in [3.05, 3.63) is 101 Å². The normalized spacial score (nSPS) is 16.5. The Morgan fingerprint density at radius 3 is 2.46 bits per heavy atom.